The number of hydrogen-bond acceptors (Lipinski definition) is 3. The van der Waals surface area contributed by atoms with E-state index in [9.17, 15) is 0 Å². The van der Waals surface area contributed by atoms with Crippen molar-refractivity contribution in [2.24, 2.45) is 5.73 Å². The van der Waals surface area contributed by atoms with Crippen molar-refractivity contribution in [1.82, 2.24) is 4.98 Å². The van der Waals surface area contributed by atoms with Crippen LogP contribution in [0.3, 0.4) is 0 Å². The largest absolute Gasteiger partial charge is 0.323 e. The average Bonchev–Trinajstić information content (AvgIpc) is 2.05. The van der Waals surface area contributed by atoms with Gasteiger partial charge in [-0.1, -0.05) is 0 Å². The molecule has 2 N–H and O–H groups in total. The van der Waals surface area contributed by atoms with E-state index in [1.165, 1.54) is 0 Å². The summed E-state index contributed by atoms with van der Waals surface area (Å²) in [4.78, 5) is 3.96. The second kappa shape index (κ2) is 3.84. The fraction of sp³-hybridized carbons (Fsp3) is 0.333. The molecule has 1 aromatic rings. The zero-order valence-electron chi connectivity index (χ0n) is 6.99. The van der Waals surface area contributed by atoms with Crippen LogP contribution in [0, 0.1) is 18.3 Å². The Hall–Kier alpha value is -1.40. The van der Waals surface area contributed by atoms with E-state index in [4.69, 9.17) is 11.0 Å². The molecule has 1 rings (SSSR count). The molecule has 0 fully saturated rings. The number of hydrogen-bond donors (Lipinski definition) is 1. The molecule has 3 nitrogen and oxygen atoms in total. The summed E-state index contributed by atoms with van der Waals surface area (Å²) in [6.45, 7) is 1.97. The molecule has 0 saturated carbocycles. The summed E-state index contributed by atoms with van der Waals surface area (Å²) >= 11 is 0. The zero-order valence-corrected chi connectivity index (χ0v) is 6.99. The summed E-state index contributed by atoms with van der Waals surface area (Å²) in [6.07, 6.45) is 3.78. The molecule has 0 spiro atoms. The van der Waals surface area contributed by atoms with Crippen molar-refractivity contribution in [3.05, 3.63) is 29.6 Å². The molecular weight excluding hydrogens is 150 g/mol. The lowest BCUT2D eigenvalue weighted by atomic mass is 10.0. The molecule has 0 bridgehead atoms. The second-order valence-corrected chi connectivity index (χ2v) is 2.70. The first kappa shape index (κ1) is 8.69. The predicted octanol–water partition coefficient (Wildman–Crippen LogP) is 1.30. The number of nitrogens with zero attached hydrogens (tertiary/aromatic N) is 2. The quantitative estimate of drug-likeness (QED) is 0.711. The Bertz CT molecular complexity index is 301. The number of aromatic nitrogens is 1. The third-order valence-corrected chi connectivity index (χ3v) is 1.79. The van der Waals surface area contributed by atoms with Gasteiger partial charge in [0, 0.05) is 18.4 Å². The Balaban J connectivity index is 2.88. The molecule has 3 heteroatoms. The lowest BCUT2D eigenvalue weighted by molar-refractivity contribution is 0.737. The lowest BCUT2D eigenvalue weighted by Gasteiger charge is -2.09. The summed E-state index contributed by atoms with van der Waals surface area (Å²) in [5, 5.41) is 8.44. The van der Waals surface area contributed by atoms with Crippen LogP contribution in [0.4, 0.5) is 0 Å². The smallest absolute Gasteiger partial charge is 0.0641 e. The fourth-order valence-corrected chi connectivity index (χ4v) is 1.07. The van der Waals surface area contributed by atoms with E-state index >= 15 is 0 Å². The van der Waals surface area contributed by atoms with Crippen molar-refractivity contribution in [2.45, 2.75) is 19.4 Å². The first-order valence-corrected chi connectivity index (χ1v) is 3.78. The third-order valence-electron chi connectivity index (χ3n) is 1.79. The van der Waals surface area contributed by atoms with Gasteiger partial charge in [0.25, 0.3) is 0 Å². The monoisotopic (exact) mass is 161 g/mol. The number of aryl methyl sites for hydroxylation is 1. The van der Waals surface area contributed by atoms with Crippen LogP contribution in [0.15, 0.2) is 18.5 Å². The maximum atomic E-state index is 8.44. The molecule has 0 aromatic carbocycles. The van der Waals surface area contributed by atoms with E-state index in [1.807, 2.05) is 19.1 Å². The summed E-state index contributed by atoms with van der Waals surface area (Å²) in [7, 11) is 0. The molecule has 0 amide bonds. The normalized spacial score (nSPS) is 12.1. The number of pyridine rings is 1. The first-order valence-electron chi connectivity index (χ1n) is 3.78. The van der Waals surface area contributed by atoms with E-state index in [-0.39, 0.29) is 6.04 Å². The van der Waals surface area contributed by atoms with Crippen LogP contribution in [0.25, 0.3) is 0 Å². The maximum absolute atomic E-state index is 8.44. The van der Waals surface area contributed by atoms with Gasteiger partial charge in [0.2, 0.25) is 0 Å². The van der Waals surface area contributed by atoms with E-state index in [2.05, 4.69) is 4.98 Å². The molecule has 0 aliphatic rings. The van der Waals surface area contributed by atoms with Gasteiger partial charge < -0.3 is 5.73 Å². The summed E-state index contributed by atoms with van der Waals surface area (Å²) in [5.41, 5.74) is 7.79. The fourth-order valence-electron chi connectivity index (χ4n) is 1.07. The van der Waals surface area contributed by atoms with Crippen LogP contribution >= 0.6 is 0 Å². The highest BCUT2D eigenvalue weighted by atomic mass is 14.7. The third kappa shape index (κ3) is 1.80. The Kier molecular flexibility index (Phi) is 2.78. The molecule has 1 atom stereocenters. The van der Waals surface area contributed by atoms with Gasteiger partial charge in [-0.3, -0.25) is 4.98 Å². The highest BCUT2D eigenvalue weighted by Gasteiger charge is 2.07. The van der Waals surface area contributed by atoms with Crippen molar-refractivity contribution in [3.63, 3.8) is 0 Å². The van der Waals surface area contributed by atoms with Crippen molar-refractivity contribution < 1.29 is 0 Å². The molecule has 0 saturated heterocycles. The Morgan fingerprint density at radius 2 is 2.50 bits per heavy atom. The van der Waals surface area contributed by atoms with Gasteiger partial charge in [-0.15, -0.1) is 0 Å². The van der Waals surface area contributed by atoms with E-state index in [1.54, 1.807) is 12.4 Å². The standard InChI is InChI=1S/C9H11N3/c1-7-3-5-12-6-8(7)9(11)2-4-10/h3,5-6,9H,2,11H2,1H3/t9-/m1/s1. The lowest BCUT2D eigenvalue weighted by Crippen LogP contribution is -2.10. The van der Waals surface area contributed by atoms with Crippen molar-refractivity contribution >= 4 is 0 Å². The van der Waals surface area contributed by atoms with Crippen LogP contribution < -0.4 is 5.73 Å². The topological polar surface area (TPSA) is 62.7 Å². The van der Waals surface area contributed by atoms with Crippen LogP contribution in [0.1, 0.15) is 23.6 Å². The second-order valence-electron chi connectivity index (χ2n) is 2.70. The molecule has 0 radical (unpaired) electrons. The molecule has 12 heavy (non-hydrogen) atoms. The van der Waals surface area contributed by atoms with Crippen LogP contribution in [0.5, 0.6) is 0 Å². The number of nitrogens with two attached hydrogens (primary N) is 1. The molecule has 0 aliphatic carbocycles. The minimum Gasteiger partial charge on any atom is -0.323 e. The van der Waals surface area contributed by atoms with Gasteiger partial charge in [-0.2, -0.15) is 5.26 Å². The molecule has 0 aliphatic heterocycles. The molecule has 1 heterocycles. The maximum Gasteiger partial charge on any atom is 0.0641 e. The van der Waals surface area contributed by atoms with E-state index in [0.29, 0.717) is 6.42 Å². The van der Waals surface area contributed by atoms with Gasteiger partial charge in [-0.25, -0.2) is 0 Å². The van der Waals surface area contributed by atoms with E-state index < -0.39 is 0 Å². The van der Waals surface area contributed by atoms with Gasteiger partial charge >= 0.3 is 0 Å². The Labute approximate surface area is 71.8 Å². The van der Waals surface area contributed by atoms with Crippen LogP contribution in [0.2, 0.25) is 0 Å². The van der Waals surface area contributed by atoms with Gasteiger partial charge in [0.15, 0.2) is 0 Å². The first-order chi connectivity index (χ1) is 5.75. The van der Waals surface area contributed by atoms with Gasteiger partial charge in [0.05, 0.1) is 12.5 Å². The zero-order chi connectivity index (χ0) is 8.97. The van der Waals surface area contributed by atoms with Crippen LogP contribution in [-0.4, -0.2) is 4.98 Å². The number of rotatable bonds is 2. The molecular formula is C9H11N3. The van der Waals surface area contributed by atoms with Crippen molar-refractivity contribution in [3.8, 4) is 6.07 Å². The molecule has 0 unspecified atom stereocenters. The summed E-state index contributed by atoms with van der Waals surface area (Å²) in [6, 6.07) is 3.73. The van der Waals surface area contributed by atoms with E-state index in [0.717, 1.165) is 11.1 Å². The van der Waals surface area contributed by atoms with Gasteiger partial charge in [0.1, 0.15) is 0 Å². The molecule has 1 aromatic heterocycles. The predicted molar refractivity (Wildman–Crippen MR) is 46.1 cm³/mol. The average molecular weight is 161 g/mol. The van der Waals surface area contributed by atoms with Crippen molar-refractivity contribution in [1.29, 1.82) is 5.26 Å². The van der Waals surface area contributed by atoms with Crippen molar-refractivity contribution in [2.75, 3.05) is 0 Å². The Morgan fingerprint density at radius 3 is 3.08 bits per heavy atom. The summed E-state index contributed by atoms with van der Waals surface area (Å²) < 4.78 is 0. The molecule has 62 valence electrons. The minimum absolute atomic E-state index is 0.205. The Morgan fingerprint density at radius 1 is 1.75 bits per heavy atom. The number of nitriles is 1. The highest BCUT2D eigenvalue weighted by molar-refractivity contribution is 5.25. The highest BCUT2D eigenvalue weighted by Crippen LogP contribution is 2.15. The minimum atomic E-state index is -0.205. The SMILES string of the molecule is Cc1ccncc1[C@H](N)CC#N. The van der Waals surface area contributed by atoms with Crippen LogP contribution in [-0.2, 0) is 0 Å². The summed E-state index contributed by atoms with van der Waals surface area (Å²) in [5.74, 6) is 0. The van der Waals surface area contributed by atoms with Gasteiger partial charge in [-0.05, 0) is 24.1 Å².